The number of halogens is 1. The first-order valence-corrected chi connectivity index (χ1v) is 8.05. The number of anilines is 2. The molecule has 2 aromatic carbocycles. The number of carbonyl (C=O) groups is 1. The highest BCUT2D eigenvalue weighted by Gasteiger charge is 2.05. The fourth-order valence-corrected chi connectivity index (χ4v) is 2.65. The summed E-state index contributed by atoms with van der Waals surface area (Å²) < 4.78 is 1.16. The van der Waals surface area contributed by atoms with E-state index >= 15 is 0 Å². The van der Waals surface area contributed by atoms with Crippen LogP contribution in [0.5, 0.6) is 0 Å². The van der Waals surface area contributed by atoms with Crippen LogP contribution in [-0.2, 0) is 11.2 Å². The van der Waals surface area contributed by atoms with Gasteiger partial charge < -0.3 is 10.6 Å². The number of rotatable bonds is 5. The molecule has 0 aliphatic heterocycles. The van der Waals surface area contributed by atoms with E-state index < -0.39 is 0 Å². The summed E-state index contributed by atoms with van der Waals surface area (Å²) >= 11 is 2.26. The Balaban J connectivity index is 1.89. The normalized spacial score (nSPS) is 10.2. The fraction of sp³-hybridized carbons (Fsp3) is 0.235. The van der Waals surface area contributed by atoms with Crippen LogP contribution in [0.1, 0.15) is 18.1 Å². The Kier molecular flexibility index (Phi) is 5.61. The maximum Gasteiger partial charge on any atom is 0.243 e. The quantitative estimate of drug-likeness (QED) is 0.746. The van der Waals surface area contributed by atoms with Gasteiger partial charge >= 0.3 is 0 Å². The molecular formula is C17H19IN2O. The average molecular weight is 394 g/mol. The van der Waals surface area contributed by atoms with Crippen molar-refractivity contribution in [1.29, 1.82) is 0 Å². The number of hydrogen-bond donors (Lipinski definition) is 2. The summed E-state index contributed by atoms with van der Waals surface area (Å²) in [6.45, 7) is 4.38. The van der Waals surface area contributed by atoms with E-state index in [1.807, 2.05) is 37.3 Å². The zero-order chi connectivity index (χ0) is 15.2. The molecule has 0 radical (unpaired) electrons. The number of benzene rings is 2. The lowest BCUT2D eigenvalue weighted by Crippen LogP contribution is -2.22. The molecule has 4 heteroatoms. The Morgan fingerprint density at radius 1 is 1.14 bits per heavy atom. The number of hydrogen-bond acceptors (Lipinski definition) is 2. The molecular weight excluding hydrogens is 375 g/mol. The summed E-state index contributed by atoms with van der Waals surface area (Å²) in [7, 11) is 0. The third kappa shape index (κ3) is 4.74. The molecule has 0 aliphatic carbocycles. The summed E-state index contributed by atoms with van der Waals surface area (Å²) in [6.07, 6.45) is 1.02. The Morgan fingerprint density at radius 2 is 1.86 bits per heavy atom. The summed E-state index contributed by atoms with van der Waals surface area (Å²) in [5.41, 5.74) is 4.19. The third-order valence-electron chi connectivity index (χ3n) is 3.28. The van der Waals surface area contributed by atoms with Gasteiger partial charge in [0.05, 0.1) is 6.54 Å². The van der Waals surface area contributed by atoms with E-state index in [-0.39, 0.29) is 12.5 Å². The average Bonchev–Trinajstić information content (AvgIpc) is 2.48. The van der Waals surface area contributed by atoms with E-state index in [1.165, 1.54) is 5.56 Å². The van der Waals surface area contributed by atoms with Gasteiger partial charge in [-0.05, 0) is 77.4 Å². The zero-order valence-corrected chi connectivity index (χ0v) is 14.4. The van der Waals surface area contributed by atoms with Crippen LogP contribution in [0, 0.1) is 10.5 Å². The van der Waals surface area contributed by atoms with E-state index in [0.717, 1.165) is 26.9 Å². The van der Waals surface area contributed by atoms with Gasteiger partial charge in [-0.2, -0.15) is 0 Å². The van der Waals surface area contributed by atoms with Gasteiger partial charge in [0.1, 0.15) is 0 Å². The number of nitrogens with one attached hydrogen (secondary N) is 2. The van der Waals surface area contributed by atoms with Gasteiger partial charge in [0.25, 0.3) is 0 Å². The number of carbonyl (C=O) groups excluding carboxylic acids is 1. The predicted octanol–water partition coefficient (Wildman–Crippen LogP) is 4.21. The smallest absolute Gasteiger partial charge is 0.243 e. The molecule has 3 nitrogen and oxygen atoms in total. The molecule has 0 heterocycles. The van der Waals surface area contributed by atoms with E-state index in [1.54, 1.807) is 0 Å². The molecule has 0 bridgehead atoms. The lowest BCUT2D eigenvalue weighted by atomic mass is 10.1. The standard InChI is InChI=1S/C17H19IN2O/c1-3-13-4-7-15(8-5-13)19-11-17(21)20-16-9-6-14(18)10-12(16)2/h4-10,19H,3,11H2,1-2H3,(H,20,21). The van der Waals surface area contributed by atoms with Gasteiger partial charge in [-0.25, -0.2) is 0 Å². The van der Waals surface area contributed by atoms with Gasteiger partial charge in [0, 0.05) is 14.9 Å². The summed E-state index contributed by atoms with van der Waals surface area (Å²) in [6, 6.07) is 14.1. The molecule has 0 aromatic heterocycles. The van der Waals surface area contributed by atoms with Crippen LogP contribution in [0.25, 0.3) is 0 Å². The van der Waals surface area contributed by atoms with Crippen LogP contribution in [0.3, 0.4) is 0 Å². The SMILES string of the molecule is CCc1ccc(NCC(=O)Nc2ccc(I)cc2C)cc1. The van der Waals surface area contributed by atoms with Crippen molar-refractivity contribution in [2.45, 2.75) is 20.3 Å². The number of amides is 1. The highest BCUT2D eigenvalue weighted by atomic mass is 127. The van der Waals surface area contributed by atoms with Gasteiger partial charge in [0.15, 0.2) is 0 Å². The Morgan fingerprint density at radius 3 is 2.48 bits per heavy atom. The maximum absolute atomic E-state index is 12.0. The molecule has 0 unspecified atom stereocenters. The molecule has 0 spiro atoms. The van der Waals surface area contributed by atoms with E-state index in [9.17, 15) is 4.79 Å². The molecule has 2 rings (SSSR count). The molecule has 1 amide bonds. The molecule has 0 aliphatic rings. The summed E-state index contributed by atoms with van der Waals surface area (Å²) in [5.74, 6) is -0.0427. The lowest BCUT2D eigenvalue weighted by Gasteiger charge is -2.10. The van der Waals surface area contributed by atoms with Crippen LogP contribution >= 0.6 is 22.6 Å². The van der Waals surface area contributed by atoms with Crippen molar-refractivity contribution < 1.29 is 4.79 Å². The minimum absolute atomic E-state index is 0.0427. The topological polar surface area (TPSA) is 41.1 Å². The Bertz CT molecular complexity index is 623. The summed E-state index contributed by atoms with van der Waals surface area (Å²) in [5, 5.41) is 6.06. The molecule has 2 aromatic rings. The molecule has 0 saturated carbocycles. The fourth-order valence-electron chi connectivity index (χ4n) is 2.00. The highest BCUT2D eigenvalue weighted by molar-refractivity contribution is 14.1. The lowest BCUT2D eigenvalue weighted by molar-refractivity contribution is -0.114. The molecule has 0 saturated heterocycles. The zero-order valence-electron chi connectivity index (χ0n) is 12.2. The monoisotopic (exact) mass is 394 g/mol. The van der Waals surface area contributed by atoms with E-state index in [4.69, 9.17) is 0 Å². The second-order valence-corrected chi connectivity index (χ2v) is 6.16. The van der Waals surface area contributed by atoms with Crippen LogP contribution in [0.2, 0.25) is 0 Å². The second-order valence-electron chi connectivity index (χ2n) is 4.91. The highest BCUT2D eigenvalue weighted by Crippen LogP contribution is 2.17. The minimum Gasteiger partial charge on any atom is -0.376 e. The van der Waals surface area contributed by atoms with Gasteiger partial charge in [0.2, 0.25) is 5.91 Å². The van der Waals surface area contributed by atoms with Crippen LogP contribution in [0.15, 0.2) is 42.5 Å². The van der Waals surface area contributed by atoms with Crippen molar-refractivity contribution in [3.63, 3.8) is 0 Å². The Hall–Kier alpha value is -1.56. The minimum atomic E-state index is -0.0427. The maximum atomic E-state index is 12.0. The van der Waals surface area contributed by atoms with Gasteiger partial charge in [-0.3, -0.25) is 4.79 Å². The van der Waals surface area contributed by atoms with E-state index in [0.29, 0.717) is 0 Å². The molecule has 2 N–H and O–H groups in total. The molecule has 110 valence electrons. The molecule has 21 heavy (non-hydrogen) atoms. The van der Waals surface area contributed by atoms with Crippen molar-refractivity contribution in [2.24, 2.45) is 0 Å². The van der Waals surface area contributed by atoms with Gasteiger partial charge in [-0.15, -0.1) is 0 Å². The predicted molar refractivity (Wildman–Crippen MR) is 96.8 cm³/mol. The molecule has 0 fully saturated rings. The molecule has 0 atom stereocenters. The first-order chi connectivity index (χ1) is 10.1. The van der Waals surface area contributed by atoms with E-state index in [2.05, 4.69) is 52.3 Å². The van der Waals surface area contributed by atoms with Crippen molar-refractivity contribution in [3.8, 4) is 0 Å². The van der Waals surface area contributed by atoms with Gasteiger partial charge in [-0.1, -0.05) is 19.1 Å². The second kappa shape index (κ2) is 7.45. The van der Waals surface area contributed by atoms with Crippen molar-refractivity contribution >= 4 is 39.9 Å². The summed E-state index contributed by atoms with van der Waals surface area (Å²) in [4.78, 5) is 12.0. The largest absolute Gasteiger partial charge is 0.376 e. The third-order valence-corrected chi connectivity index (χ3v) is 3.95. The Labute approximate surface area is 139 Å². The van der Waals surface area contributed by atoms with Crippen LogP contribution < -0.4 is 10.6 Å². The van der Waals surface area contributed by atoms with Crippen LogP contribution in [0.4, 0.5) is 11.4 Å². The van der Waals surface area contributed by atoms with Crippen molar-refractivity contribution in [3.05, 3.63) is 57.2 Å². The number of aryl methyl sites for hydroxylation is 2. The van der Waals surface area contributed by atoms with Crippen LogP contribution in [-0.4, -0.2) is 12.5 Å². The van der Waals surface area contributed by atoms with Crippen molar-refractivity contribution in [2.75, 3.05) is 17.2 Å². The van der Waals surface area contributed by atoms with Crippen molar-refractivity contribution in [1.82, 2.24) is 0 Å². The first kappa shape index (κ1) is 15.8. The first-order valence-electron chi connectivity index (χ1n) is 6.97.